The van der Waals surface area contributed by atoms with Gasteiger partial charge in [-0.25, -0.2) is 0 Å². The molecule has 2 heterocycles. The van der Waals surface area contributed by atoms with E-state index in [0.29, 0.717) is 11.1 Å². The molecular formula is C16H20N2O2. The van der Waals surface area contributed by atoms with Gasteiger partial charge in [-0.05, 0) is 37.8 Å². The molecule has 1 aromatic carbocycles. The smallest absolute Gasteiger partial charge is 0.254 e. The Morgan fingerprint density at radius 1 is 0.700 bits per heavy atom. The molecule has 106 valence electrons. The van der Waals surface area contributed by atoms with E-state index in [9.17, 15) is 9.59 Å². The topological polar surface area (TPSA) is 40.6 Å². The molecule has 0 aliphatic carbocycles. The van der Waals surface area contributed by atoms with Gasteiger partial charge < -0.3 is 9.80 Å². The van der Waals surface area contributed by atoms with Crippen LogP contribution in [0, 0.1) is 0 Å². The second kappa shape index (κ2) is 5.65. The highest BCUT2D eigenvalue weighted by atomic mass is 16.2. The van der Waals surface area contributed by atoms with Gasteiger partial charge in [0, 0.05) is 26.2 Å². The second-order valence-electron chi connectivity index (χ2n) is 5.54. The molecule has 1 aromatic rings. The van der Waals surface area contributed by atoms with Crippen LogP contribution < -0.4 is 0 Å². The first kappa shape index (κ1) is 13.2. The summed E-state index contributed by atoms with van der Waals surface area (Å²) in [6, 6.07) is 7.24. The van der Waals surface area contributed by atoms with Crippen molar-refractivity contribution in [2.45, 2.75) is 25.7 Å². The molecule has 20 heavy (non-hydrogen) atoms. The zero-order valence-corrected chi connectivity index (χ0v) is 11.7. The molecule has 2 aliphatic rings. The quantitative estimate of drug-likeness (QED) is 0.827. The maximum atomic E-state index is 12.5. The average molecular weight is 272 g/mol. The Hall–Kier alpha value is -1.84. The minimum Gasteiger partial charge on any atom is -0.339 e. The lowest BCUT2D eigenvalue weighted by Gasteiger charge is -2.20. The van der Waals surface area contributed by atoms with Crippen molar-refractivity contribution in [2.24, 2.45) is 0 Å². The average Bonchev–Trinajstić information content (AvgIpc) is 3.18. The number of carbonyl (C=O) groups excluding carboxylic acids is 2. The van der Waals surface area contributed by atoms with Gasteiger partial charge in [-0.15, -0.1) is 0 Å². The maximum absolute atomic E-state index is 12.5. The first-order valence-corrected chi connectivity index (χ1v) is 7.45. The van der Waals surface area contributed by atoms with Crippen LogP contribution in [0.25, 0.3) is 0 Å². The van der Waals surface area contributed by atoms with Gasteiger partial charge >= 0.3 is 0 Å². The van der Waals surface area contributed by atoms with E-state index in [1.807, 2.05) is 21.9 Å². The van der Waals surface area contributed by atoms with Crippen LogP contribution in [0.3, 0.4) is 0 Å². The molecule has 4 nitrogen and oxygen atoms in total. The molecule has 0 bridgehead atoms. The molecule has 0 aromatic heterocycles. The Bertz CT molecular complexity index is 468. The van der Waals surface area contributed by atoms with Crippen LogP contribution in [0.15, 0.2) is 24.3 Å². The second-order valence-corrected chi connectivity index (χ2v) is 5.54. The molecule has 3 rings (SSSR count). The Balaban J connectivity index is 1.87. The molecule has 2 aliphatic heterocycles. The van der Waals surface area contributed by atoms with Crippen LogP contribution >= 0.6 is 0 Å². The van der Waals surface area contributed by atoms with Crippen molar-refractivity contribution in [3.63, 3.8) is 0 Å². The van der Waals surface area contributed by atoms with Crippen molar-refractivity contribution in [3.8, 4) is 0 Å². The van der Waals surface area contributed by atoms with Crippen LogP contribution in [0.1, 0.15) is 46.4 Å². The van der Waals surface area contributed by atoms with E-state index in [2.05, 4.69) is 0 Å². The SMILES string of the molecule is O=C(c1ccccc1C(=O)N1CCCC1)N1CCCC1. The van der Waals surface area contributed by atoms with Crippen molar-refractivity contribution >= 4 is 11.8 Å². The summed E-state index contributed by atoms with van der Waals surface area (Å²) >= 11 is 0. The fourth-order valence-corrected chi connectivity index (χ4v) is 3.04. The summed E-state index contributed by atoms with van der Waals surface area (Å²) in [5, 5.41) is 0. The summed E-state index contributed by atoms with van der Waals surface area (Å²) in [6.45, 7) is 3.24. The lowest BCUT2D eigenvalue weighted by atomic mass is 10.1. The van der Waals surface area contributed by atoms with Crippen LogP contribution in [0.4, 0.5) is 0 Å². The molecule has 2 fully saturated rings. The summed E-state index contributed by atoms with van der Waals surface area (Å²) in [7, 11) is 0. The number of hydrogen-bond acceptors (Lipinski definition) is 2. The molecule has 2 amide bonds. The van der Waals surface area contributed by atoms with Crippen LogP contribution in [-0.2, 0) is 0 Å². The van der Waals surface area contributed by atoms with Crippen molar-refractivity contribution in [3.05, 3.63) is 35.4 Å². The highest BCUT2D eigenvalue weighted by Crippen LogP contribution is 2.19. The first-order chi connectivity index (χ1) is 9.77. The summed E-state index contributed by atoms with van der Waals surface area (Å²) in [5.74, 6) is 0.0105. The van der Waals surface area contributed by atoms with Gasteiger partial charge in [-0.2, -0.15) is 0 Å². The minimum absolute atomic E-state index is 0.00523. The van der Waals surface area contributed by atoms with Gasteiger partial charge in [0.15, 0.2) is 0 Å². The van der Waals surface area contributed by atoms with Gasteiger partial charge in [0.2, 0.25) is 0 Å². The van der Waals surface area contributed by atoms with E-state index in [-0.39, 0.29) is 11.8 Å². The standard InChI is InChI=1S/C16H20N2O2/c19-15(17-9-3-4-10-17)13-7-1-2-8-14(13)16(20)18-11-5-6-12-18/h1-2,7-8H,3-6,9-12H2. The van der Waals surface area contributed by atoms with E-state index >= 15 is 0 Å². The van der Waals surface area contributed by atoms with E-state index in [1.165, 1.54) is 0 Å². The van der Waals surface area contributed by atoms with Crippen LogP contribution in [0.5, 0.6) is 0 Å². The van der Waals surface area contributed by atoms with Gasteiger partial charge in [-0.1, -0.05) is 12.1 Å². The molecule has 0 unspecified atom stereocenters. The van der Waals surface area contributed by atoms with Crippen molar-refractivity contribution in [1.29, 1.82) is 0 Å². The largest absolute Gasteiger partial charge is 0.339 e. The number of carbonyl (C=O) groups is 2. The van der Waals surface area contributed by atoms with E-state index < -0.39 is 0 Å². The minimum atomic E-state index is 0.00523. The predicted octanol–water partition coefficient (Wildman–Crippen LogP) is 2.16. The molecule has 4 heteroatoms. The van der Waals surface area contributed by atoms with Gasteiger partial charge in [-0.3, -0.25) is 9.59 Å². The zero-order chi connectivity index (χ0) is 13.9. The van der Waals surface area contributed by atoms with Gasteiger partial charge in [0.1, 0.15) is 0 Å². The number of hydrogen-bond donors (Lipinski definition) is 0. The fourth-order valence-electron chi connectivity index (χ4n) is 3.04. The third-order valence-corrected chi connectivity index (χ3v) is 4.17. The summed E-state index contributed by atoms with van der Waals surface area (Å²) in [4.78, 5) is 28.8. The molecule has 0 N–H and O–H groups in total. The van der Waals surface area contributed by atoms with Crippen LogP contribution in [0.2, 0.25) is 0 Å². The number of rotatable bonds is 2. The van der Waals surface area contributed by atoms with Crippen molar-refractivity contribution in [2.75, 3.05) is 26.2 Å². The number of amides is 2. The lowest BCUT2D eigenvalue weighted by Crippen LogP contribution is -2.33. The monoisotopic (exact) mass is 272 g/mol. The Morgan fingerprint density at radius 2 is 1.05 bits per heavy atom. The number of nitrogens with zero attached hydrogens (tertiary/aromatic N) is 2. The molecule has 0 atom stereocenters. The van der Waals surface area contributed by atoms with Crippen molar-refractivity contribution in [1.82, 2.24) is 9.80 Å². The Kier molecular flexibility index (Phi) is 3.72. The Morgan fingerprint density at radius 3 is 1.40 bits per heavy atom. The van der Waals surface area contributed by atoms with Crippen LogP contribution in [-0.4, -0.2) is 47.8 Å². The lowest BCUT2D eigenvalue weighted by molar-refractivity contribution is 0.0754. The molecule has 0 spiro atoms. The first-order valence-electron chi connectivity index (χ1n) is 7.45. The van der Waals surface area contributed by atoms with E-state index in [0.717, 1.165) is 51.9 Å². The fraction of sp³-hybridized carbons (Fsp3) is 0.500. The molecule has 2 saturated heterocycles. The Labute approximate surface area is 119 Å². The maximum Gasteiger partial charge on any atom is 0.254 e. The highest BCUT2D eigenvalue weighted by Gasteiger charge is 2.27. The molecule has 0 saturated carbocycles. The van der Waals surface area contributed by atoms with E-state index in [1.54, 1.807) is 12.1 Å². The van der Waals surface area contributed by atoms with Gasteiger partial charge in [0.25, 0.3) is 11.8 Å². The summed E-state index contributed by atoms with van der Waals surface area (Å²) in [6.07, 6.45) is 4.25. The third-order valence-electron chi connectivity index (χ3n) is 4.17. The summed E-state index contributed by atoms with van der Waals surface area (Å²) in [5.41, 5.74) is 1.12. The van der Waals surface area contributed by atoms with Gasteiger partial charge in [0.05, 0.1) is 11.1 Å². The normalized spacial score (nSPS) is 18.6. The summed E-state index contributed by atoms with van der Waals surface area (Å²) < 4.78 is 0. The number of benzene rings is 1. The highest BCUT2D eigenvalue weighted by molar-refractivity contribution is 6.07. The number of likely N-dealkylation sites (tertiary alicyclic amines) is 2. The van der Waals surface area contributed by atoms with E-state index in [4.69, 9.17) is 0 Å². The van der Waals surface area contributed by atoms with Crippen molar-refractivity contribution < 1.29 is 9.59 Å². The molecule has 0 radical (unpaired) electrons. The third kappa shape index (κ3) is 2.42. The predicted molar refractivity (Wildman–Crippen MR) is 76.7 cm³/mol. The zero-order valence-electron chi connectivity index (χ0n) is 11.7. The molecular weight excluding hydrogens is 252 g/mol.